The summed E-state index contributed by atoms with van der Waals surface area (Å²) < 4.78 is 28.3. The Morgan fingerprint density at radius 2 is 1.64 bits per heavy atom. The van der Waals surface area contributed by atoms with Crippen molar-refractivity contribution >= 4 is 0 Å². The van der Waals surface area contributed by atoms with Crippen molar-refractivity contribution < 1.29 is 8.78 Å². The van der Waals surface area contributed by atoms with Crippen molar-refractivity contribution in [2.45, 2.75) is 25.8 Å². The fourth-order valence-electron chi connectivity index (χ4n) is 2.99. The number of imidazole rings is 1. The zero-order valence-corrected chi connectivity index (χ0v) is 13.6. The third-order valence-corrected chi connectivity index (χ3v) is 4.36. The molecule has 3 aromatic rings. The Labute approximate surface area is 145 Å². The molecule has 0 N–H and O–H groups in total. The van der Waals surface area contributed by atoms with E-state index in [4.69, 9.17) is 4.98 Å². The summed E-state index contributed by atoms with van der Waals surface area (Å²) in [7, 11) is 0. The van der Waals surface area contributed by atoms with Crippen LogP contribution in [-0.2, 0) is 13.0 Å². The molecule has 124 valence electrons. The number of nitrogens with zero attached hydrogens (tertiary/aromatic N) is 2. The van der Waals surface area contributed by atoms with E-state index < -0.39 is 11.6 Å². The van der Waals surface area contributed by atoms with E-state index >= 15 is 0 Å². The van der Waals surface area contributed by atoms with Crippen LogP contribution in [0.3, 0.4) is 0 Å². The third-order valence-electron chi connectivity index (χ3n) is 4.36. The van der Waals surface area contributed by atoms with Gasteiger partial charge in [-0.15, -0.1) is 0 Å². The molecule has 4 rings (SSSR count). The summed E-state index contributed by atoms with van der Waals surface area (Å²) in [5.41, 5.74) is 3.31. The van der Waals surface area contributed by atoms with Gasteiger partial charge in [0.15, 0.2) is 11.6 Å². The van der Waals surface area contributed by atoms with Crippen LogP contribution in [0.1, 0.15) is 29.8 Å². The van der Waals surface area contributed by atoms with Crippen LogP contribution in [0.4, 0.5) is 8.78 Å². The highest BCUT2D eigenvalue weighted by Gasteiger charge is 2.12. The van der Waals surface area contributed by atoms with Gasteiger partial charge >= 0.3 is 0 Å². The van der Waals surface area contributed by atoms with Crippen molar-refractivity contribution in [1.82, 2.24) is 9.55 Å². The molecular formula is C21H16F2N2. The second kappa shape index (κ2) is 6.52. The molecule has 0 spiro atoms. The SMILES string of the molecule is Fc1ccc(C#Cc2ccc(-c3cn4c(n3)CCCC4)cc2)cc1F. The van der Waals surface area contributed by atoms with Gasteiger partial charge in [0.1, 0.15) is 5.82 Å². The van der Waals surface area contributed by atoms with E-state index in [9.17, 15) is 8.78 Å². The maximum Gasteiger partial charge on any atom is 0.160 e. The van der Waals surface area contributed by atoms with Crippen LogP contribution in [-0.4, -0.2) is 9.55 Å². The van der Waals surface area contributed by atoms with Crippen molar-refractivity contribution in [3.05, 3.63) is 77.2 Å². The fraction of sp³-hybridized carbons (Fsp3) is 0.190. The Hall–Kier alpha value is -2.93. The number of benzene rings is 2. The number of rotatable bonds is 1. The smallest absolute Gasteiger partial charge is 0.160 e. The largest absolute Gasteiger partial charge is 0.334 e. The van der Waals surface area contributed by atoms with Gasteiger partial charge in [-0.05, 0) is 43.2 Å². The first-order valence-electron chi connectivity index (χ1n) is 8.32. The first kappa shape index (κ1) is 15.6. The van der Waals surface area contributed by atoms with Crippen molar-refractivity contribution in [3.8, 4) is 23.1 Å². The number of aromatic nitrogens is 2. The van der Waals surface area contributed by atoms with E-state index in [0.717, 1.165) is 47.7 Å². The summed E-state index contributed by atoms with van der Waals surface area (Å²) in [6.07, 6.45) is 5.56. The number of fused-ring (bicyclic) bond motifs is 1. The predicted octanol–water partition coefficient (Wildman–Crippen LogP) is 4.56. The van der Waals surface area contributed by atoms with E-state index in [1.165, 1.54) is 18.9 Å². The zero-order chi connectivity index (χ0) is 17.2. The molecule has 2 aromatic carbocycles. The molecule has 0 saturated heterocycles. The van der Waals surface area contributed by atoms with Gasteiger partial charge in [0, 0.05) is 35.9 Å². The molecular weight excluding hydrogens is 318 g/mol. The Morgan fingerprint density at radius 1 is 0.880 bits per heavy atom. The summed E-state index contributed by atoms with van der Waals surface area (Å²) in [4.78, 5) is 4.71. The van der Waals surface area contributed by atoms with Crippen LogP contribution in [0.15, 0.2) is 48.7 Å². The summed E-state index contributed by atoms with van der Waals surface area (Å²) in [5.74, 6) is 5.23. The molecule has 0 radical (unpaired) electrons. The molecule has 0 saturated carbocycles. The Bertz CT molecular complexity index is 952. The highest BCUT2D eigenvalue weighted by Crippen LogP contribution is 2.22. The Kier molecular flexibility index (Phi) is 4.07. The standard InChI is InChI=1S/C21H16F2N2/c22-18-11-8-16(13-19(18)23)5-4-15-6-9-17(10-7-15)20-14-25-12-2-1-3-21(25)24-20/h6-11,13-14H,1-3,12H2. The quantitative estimate of drug-likeness (QED) is 0.596. The van der Waals surface area contributed by atoms with Crippen LogP contribution in [0, 0.1) is 23.5 Å². The minimum absolute atomic E-state index is 0.449. The van der Waals surface area contributed by atoms with Crippen LogP contribution in [0.2, 0.25) is 0 Å². The van der Waals surface area contributed by atoms with Gasteiger partial charge in [-0.3, -0.25) is 0 Å². The molecule has 4 heteroatoms. The molecule has 0 bridgehead atoms. The van der Waals surface area contributed by atoms with Crippen molar-refractivity contribution in [1.29, 1.82) is 0 Å². The highest BCUT2D eigenvalue weighted by molar-refractivity contribution is 5.60. The lowest BCUT2D eigenvalue weighted by molar-refractivity contribution is 0.508. The maximum atomic E-state index is 13.2. The first-order chi connectivity index (χ1) is 12.2. The molecule has 2 nitrogen and oxygen atoms in total. The lowest BCUT2D eigenvalue weighted by Gasteiger charge is -2.11. The van der Waals surface area contributed by atoms with Gasteiger partial charge < -0.3 is 4.57 Å². The Balaban J connectivity index is 1.55. The van der Waals surface area contributed by atoms with E-state index in [2.05, 4.69) is 22.6 Å². The minimum atomic E-state index is -0.883. The van der Waals surface area contributed by atoms with Gasteiger partial charge in [-0.1, -0.05) is 24.0 Å². The van der Waals surface area contributed by atoms with Crippen LogP contribution in [0.25, 0.3) is 11.3 Å². The van der Waals surface area contributed by atoms with Gasteiger partial charge in [0.2, 0.25) is 0 Å². The average Bonchev–Trinajstić information content (AvgIpc) is 3.07. The number of halogens is 2. The summed E-state index contributed by atoms with van der Waals surface area (Å²) in [5, 5.41) is 0. The molecule has 0 unspecified atom stereocenters. The number of hydrogen-bond acceptors (Lipinski definition) is 1. The van der Waals surface area contributed by atoms with E-state index in [1.807, 2.05) is 24.3 Å². The lowest BCUT2D eigenvalue weighted by atomic mass is 10.1. The van der Waals surface area contributed by atoms with Gasteiger partial charge in [-0.25, -0.2) is 13.8 Å². The Morgan fingerprint density at radius 3 is 2.40 bits per heavy atom. The first-order valence-corrected chi connectivity index (χ1v) is 8.32. The zero-order valence-electron chi connectivity index (χ0n) is 13.6. The van der Waals surface area contributed by atoms with Gasteiger partial charge in [0.05, 0.1) is 5.69 Å². The maximum absolute atomic E-state index is 13.2. The number of hydrogen-bond donors (Lipinski definition) is 0. The molecule has 1 aliphatic rings. The van der Waals surface area contributed by atoms with Gasteiger partial charge in [-0.2, -0.15) is 0 Å². The molecule has 0 atom stereocenters. The third kappa shape index (κ3) is 3.32. The van der Waals surface area contributed by atoms with Crippen LogP contribution < -0.4 is 0 Å². The molecule has 1 aromatic heterocycles. The summed E-state index contributed by atoms with van der Waals surface area (Å²) in [6.45, 7) is 1.04. The van der Waals surface area contributed by atoms with Crippen molar-refractivity contribution in [2.24, 2.45) is 0 Å². The number of aryl methyl sites for hydroxylation is 2. The molecule has 25 heavy (non-hydrogen) atoms. The highest BCUT2D eigenvalue weighted by atomic mass is 19.2. The lowest BCUT2D eigenvalue weighted by Crippen LogP contribution is -2.08. The van der Waals surface area contributed by atoms with Crippen molar-refractivity contribution in [2.75, 3.05) is 0 Å². The van der Waals surface area contributed by atoms with Gasteiger partial charge in [0.25, 0.3) is 0 Å². The van der Waals surface area contributed by atoms with E-state index in [-0.39, 0.29) is 0 Å². The minimum Gasteiger partial charge on any atom is -0.334 e. The topological polar surface area (TPSA) is 17.8 Å². The molecule has 2 heterocycles. The second-order valence-corrected chi connectivity index (χ2v) is 6.15. The van der Waals surface area contributed by atoms with E-state index in [1.54, 1.807) is 0 Å². The fourth-order valence-corrected chi connectivity index (χ4v) is 2.99. The van der Waals surface area contributed by atoms with Crippen LogP contribution in [0.5, 0.6) is 0 Å². The van der Waals surface area contributed by atoms with Crippen molar-refractivity contribution in [3.63, 3.8) is 0 Å². The average molecular weight is 334 g/mol. The molecule has 0 fully saturated rings. The molecule has 1 aliphatic heterocycles. The normalized spacial score (nSPS) is 13.0. The summed E-state index contributed by atoms with van der Waals surface area (Å²) >= 11 is 0. The molecule has 0 amide bonds. The second-order valence-electron chi connectivity index (χ2n) is 6.15. The summed E-state index contributed by atoms with van der Waals surface area (Å²) in [6, 6.07) is 11.5. The molecule has 0 aliphatic carbocycles. The monoisotopic (exact) mass is 334 g/mol. The predicted molar refractivity (Wildman–Crippen MR) is 92.9 cm³/mol. The van der Waals surface area contributed by atoms with Crippen LogP contribution >= 0.6 is 0 Å². The van der Waals surface area contributed by atoms with E-state index in [0.29, 0.717) is 5.56 Å².